The lowest BCUT2D eigenvalue weighted by atomic mass is 10.1. The van der Waals surface area contributed by atoms with Gasteiger partial charge in [-0.2, -0.15) is 0 Å². The van der Waals surface area contributed by atoms with E-state index in [1.165, 1.54) is 11.3 Å². The van der Waals surface area contributed by atoms with Crippen molar-refractivity contribution in [3.63, 3.8) is 0 Å². The molecule has 0 spiro atoms. The van der Waals surface area contributed by atoms with Crippen LogP contribution in [0, 0.1) is 13.8 Å². The highest BCUT2D eigenvalue weighted by Gasteiger charge is 2.12. The minimum atomic E-state index is -0.283. The van der Waals surface area contributed by atoms with Crippen molar-refractivity contribution in [3.05, 3.63) is 51.2 Å². The smallest absolute Gasteiger partial charge is 0.275 e. The molecule has 0 aliphatic heterocycles. The summed E-state index contributed by atoms with van der Waals surface area (Å²) < 4.78 is 5.73. The van der Waals surface area contributed by atoms with Crippen LogP contribution in [0.1, 0.15) is 26.4 Å². The number of ether oxygens (including phenoxy) is 1. The Balaban J connectivity index is 2.10. The molecule has 19 heavy (non-hydrogen) atoms. The first-order chi connectivity index (χ1) is 9.10. The molecule has 3 N–H and O–H groups in total. The highest BCUT2D eigenvalue weighted by Crippen LogP contribution is 2.21. The number of nitrogen functional groups attached to an aromatic ring is 1. The number of amides is 1. The second-order valence-corrected chi connectivity index (χ2v) is 5.28. The number of hydrazine groups is 1. The van der Waals surface area contributed by atoms with Crippen molar-refractivity contribution in [2.45, 2.75) is 20.5 Å². The number of hydrogen-bond acceptors (Lipinski definition) is 4. The molecule has 0 bridgehead atoms. The van der Waals surface area contributed by atoms with Crippen molar-refractivity contribution in [2.75, 3.05) is 0 Å². The summed E-state index contributed by atoms with van der Waals surface area (Å²) >= 11 is 1.35. The molecular formula is C14H16N2O2S. The maximum atomic E-state index is 11.5. The molecule has 0 atom stereocenters. The minimum absolute atomic E-state index is 0.283. The van der Waals surface area contributed by atoms with Gasteiger partial charge in [-0.1, -0.05) is 6.07 Å². The van der Waals surface area contributed by atoms with E-state index in [0.717, 1.165) is 22.4 Å². The molecule has 1 aromatic carbocycles. The molecule has 2 aromatic rings. The second kappa shape index (κ2) is 5.86. The van der Waals surface area contributed by atoms with E-state index < -0.39 is 0 Å². The molecule has 2 rings (SSSR count). The quantitative estimate of drug-likeness (QED) is 0.512. The Morgan fingerprint density at radius 1 is 1.32 bits per heavy atom. The number of benzene rings is 1. The van der Waals surface area contributed by atoms with E-state index >= 15 is 0 Å². The van der Waals surface area contributed by atoms with Gasteiger partial charge in [-0.05, 0) is 48.6 Å². The number of hydrogen-bond donors (Lipinski definition) is 2. The lowest BCUT2D eigenvalue weighted by molar-refractivity contribution is 0.0955. The summed E-state index contributed by atoms with van der Waals surface area (Å²) in [4.78, 5) is 12.1. The van der Waals surface area contributed by atoms with E-state index in [4.69, 9.17) is 10.6 Å². The Labute approximate surface area is 116 Å². The number of carbonyl (C=O) groups is 1. The first-order valence-electron chi connectivity index (χ1n) is 5.88. The topological polar surface area (TPSA) is 64.3 Å². The zero-order valence-corrected chi connectivity index (χ0v) is 11.7. The van der Waals surface area contributed by atoms with Crippen LogP contribution in [0.5, 0.6) is 5.75 Å². The summed E-state index contributed by atoms with van der Waals surface area (Å²) in [7, 11) is 0. The van der Waals surface area contributed by atoms with Gasteiger partial charge >= 0.3 is 0 Å². The first kappa shape index (κ1) is 13.6. The average Bonchev–Trinajstić information content (AvgIpc) is 2.82. The summed E-state index contributed by atoms with van der Waals surface area (Å²) in [6.07, 6.45) is 0. The molecule has 0 radical (unpaired) electrons. The number of carbonyl (C=O) groups excluding carboxylic acids is 1. The van der Waals surface area contributed by atoms with Gasteiger partial charge in [-0.15, -0.1) is 11.3 Å². The molecule has 0 saturated carbocycles. The van der Waals surface area contributed by atoms with E-state index in [2.05, 4.69) is 11.5 Å². The summed E-state index contributed by atoms with van der Waals surface area (Å²) in [6.45, 7) is 4.41. The lowest BCUT2D eigenvalue weighted by Gasteiger charge is -2.08. The minimum Gasteiger partial charge on any atom is -0.489 e. The number of aryl methyl sites for hydroxylation is 2. The Kier molecular flexibility index (Phi) is 4.19. The van der Waals surface area contributed by atoms with Crippen molar-refractivity contribution < 1.29 is 9.53 Å². The maximum absolute atomic E-state index is 11.5. The van der Waals surface area contributed by atoms with E-state index in [9.17, 15) is 4.79 Å². The first-order valence-corrected chi connectivity index (χ1v) is 6.76. The van der Waals surface area contributed by atoms with E-state index in [0.29, 0.717) is 11.5 Å². The third-order valence-corrected chi connectivity index (χ3v) is 3.63. The van der Waals surface area contributed by atoms with Crippen LogP contribution in [0.25, 0.3) is 0 Å². The van der Waals surface area contributed by atoms with Crippen LogP contribution in [0.3, 0.4) is 0 Å². The van der Waals surface area contributed by atoms with Crippen LogP contribution in [0.4, 0.5) is 0 Å². The van der Waals surface area contributed by atoms with Crippen molar-refractivity contribution in [1.29, 1.82) is 0 Å². The average molecular weight is 276 g/mol. The summed E-state index contributed by atoms with van der Waals surface area (Å²) in [6, 6.07) is 7.91. The highest BCUT2D eigenvalue weighted by molar-refractivity contribution is 7.12. The Morgan fingerprint density at radius 3 is 2.63 bits per heavy atom. The molecule has 1 aromatic heterocycles. The van der Waals surface area contributed by atoms with Crippen molar-refractivity contribution >= 4 is 17.2 Å². The van der Waals surface area contributed by atoms with E-state index in [1.807, 2.05) is 37.4 Å². The molecule has 0 aliphatic carbocycles. The van der Waals surface area contributed by atoms with Gasteiger partial charge in [0.15, 0.2) is 0 Å². The largest absolute Gasteiger partial charge is 0.489 e. The highest BCUT2D eigenvalue weighted by atomic mass is 32.1. The molecule has 1 heterocycles. The van der Waals surface area contributed by atoms with Crippen molar-refractivity contribution in [2.24, 2.45) is 5.84 Å². The van der Waals surface area contributed by atoms with E-state index in [-0.39, 0.29) is 5.91 Å². The van der Waals surface area contributed by atoms with Gasteiger partial charge in [0.1, 0.15) is 12.4 Å². The van der Waals surface area contributed by atoms with Crippen LogP contribution in [0.2, 0.25) is 0 Å². The van der Waals surface area contributed by atoms with Gasteiger partial charge in [0.25, 0.3) is 5.91 Å². The Morgan fingerprint density at radius 2 is 2.00 bits per heavy atom. The van der Waals surface area contributed by atoms with Gasteiger partial charge in [-0.3, -0.25) is 10.2 Å². The maximum Gasteiger partial charge on any atom is 0.275 e. The third-order valence-electron chi connectivity index (χ3n) is 2.67. The SMILES string of the molecule is Cc1cc(C)cc(OCc2ccsc2C(=O)NN)c1. The summed E-state index contributed by atoms with van der Waals surface area (Å²) in [5, 5.41) is 1.85. The number of nitrogens with one attached hydrogen (secondary N) is 1. The van der Waals surface area contributed by atoms with Gasteiger partial charge in [0.2, 0.25) is 0 Å². The fraction of sp³-hybridized carbons (Fsp3) is 0.214. The molecule has 5 heteroatoms. The summed E-state index contributed by atoms with van der Waals surface area (Å²) in [5.74, 6) is 5.67. The van der Waals surface area contributed by atoms with Crippen LogP contribution >= 0.6 is 11.3 Å². The normalized spacial score (nSPS) is 10.3. The molecule has 0 fully saturated rings. The van der Waals surface area contributed by atoms with Crippen LogP contribution in [-0.2, 0) is 6.61 Å². The Bertz CT molecular complexity index is 573. The van der Waals surface area contributed by atoms with Crippen LogP contribution in [-0.4, -0.2) is 5.91 Å². The predicted molar refractivity (Wildman–Crippen MR) is 76.2 cm³/mol. The fourth-order valence-corrected chi connectivity index (χ4v) is 2.70. The van der Waals surface area contributed by atoms with Crippen molar-refractivity contribution in [3.8, 4) is 5.75 Å². The summed E-state index contributed by atoms with van der Waals surface area (Å²) in [5.41, 5.74) is 5.29. The Hall–Kier alpha value is -1.85. The molecular weight excluding hydrogens is 260 g/mol. The fourth-order valence-electron chi connectivity index (χ4n) is 1.89. The number of rotatable bonds is 4. The van der Waals surface area contributed by atoms with Gasteiger partial charge in [0.05, 0.1) is 4.88 Å². The molecule has 0 unspecified atom stereocenters. The van der Waals surface area contributed by atoms with E-state index in [1.54, 1.807) is 0 Å². The number of nitrogens with two attached hydrogens (primary N) is 1. The predicted octanol–water partition coefficient (Wildman–Crippen LogP) is 2.55. The lowest BCUT2D eigenvalue weighted by Crippen LogP contribution is -2.30. The van der Waals surface area contributed by atoms with Crippen LogP contribution in [0.15, 0.2) is 29.6 Å². The molecule has 1 amide bonds. The van der Waals surface area contributed by atoms with Crippen LogP contribution < -0.4 is 16.0 Å². The monoisotopic (exact) mass is 276 g/mol. The zero-order valence-electron chi connectivity index (χ0n) is 10.9. The third kappa shape index (κ3) is 3.33. The second-order valence-electron chi connectivity index (χ2n) is 4.36. The molecule has 100 valence electrons. The molecule has 0 saturated heterocycles. The van der Waals surface area contributed by atoms with Gasteiger partial charge < -0.3 is 4.74 Å². The molecule has 4 nitrogen and oxygen atoms in total. The van der Waals surface area contributed by atoms with Crippen molar-refractivity contribution in [1.82, 2.24) is 5.43 Å². The van der Waals surface area contributed by atoms with Gasteiger partial charge in [-0.25, -0.2) is 5.84 Å². The van der Waals surface area contributed by atoms with Gasteiger partial charge in [0, 0.05) is 5.56 Å². The zero-order chi connectivity index (χ0) is 13.8. The standard InChI is InChI=1S/C14H16N2O2S/c1-9-5-10(2)7-12(6-9)18-8-11-3-4-19-13(11)14(17)16-15/h3-7H,8,15H2,1-2H3,(H,16,17). The number of thiophene rings is 1. The molecule has 0 aliphatic rings.